The quantitative estimate of drug-likeness (QED) is 0.194. The molecule has 6 aromatic rings. The zero-order valence-corrected chi connectivity index (χ0v) is 20.5. The average Bonchev–Trinajstić information content (AvgIpc) is 2.97. The van der Waals surface area contributed by atoms with Crippen LogP contribution < -0.4 is 20.4 Å². The summed E-state index contributed by atoms with van der Waals surface area (Å²) in [5, 5.41) is 17.2. The summed E-state index contributed by atoms with van der Waals surface area (Å²) in [4.78, 5) is 0. The van der Waals surface area contributed by atoms with Gasteiger partial charge in [0.05, 0.1) is 5.56 Å². The molecule has 6 rings (SSSR count). The number of nitrogens with zero attached hydrogens (tertiary/aromatic N) is 1. The molecule has 6 aromatic carbocycles. The summed E-state index contributed by atoms with van der Waals surface area (Å²) in [5.74, 6) is 0.810. The molecule has 0 saturated heterocycles. The minimum Gasteiger partial charge on any atom is -0.333 e. The molecule has 0 spiro atoms. The van der Waals surface area contributed by atoms with Crippen LogP contribution in [0.5, 0.6) is 5.75 Å². The van der Waals surface area contributed by atoms with Gasteiger partial charge in [0.15, 0.2) is 5.75 Å². The molecule has 0 unspecified atom stereocenters. The van der Waals surface area contributed by atoms with Crippen molar-refractivity contribution in [3.05, 3.63) is 145 Å². The summed E-state index contributed by atoms with van der Waals surface area (Å²) in [6.45, 7) is 0. The number of rotatable bonds is 5. The molecular formula is C33H23NOP+. The van der Waals surface area contributed by atoms with E-state index in [1.807, 2.05) is 54.6 Å². The van der Waals surface area contributed by atoms with Crippen LogP contribution in [-0.4, -0.2) is 0 Å². The van der Waals surface area contributed by atoms with E-state index in [1.54, 1.807) is 0 Å². The van der Waals surface area contributed by atoms with Crippen LogP contribution in [0.1, 0.15) is 5.56 Å². The van der Waals surface area contributed by atoms with Crippen molar-refractivity contribution in [3.63, 3.8) is 0 Å². The highest BCUT2D eigenvalue weighted by molar-refractivity contribution is 7.92. The third-order valence-electron chi connectivity index (χ3n) is 6.58. The van der Waals surface area contributed by atoms with E-state index in [2.05, 4.69) is 91.0 Å². The summed E-state index contributed by atoms with van der Waals surface area (Å²) in [6, 6.07) is 50.2. The van der Waals surface area contributed by atoms with Crippen LogP contribution in [0.2, 0.25) is 0 Å². The minimum absolute atomic E-state index is 0.677. The Labute approximate surface area is 211 Å². The fourth-order valence-electron chi connectivity index (χ4n) is 4.96. The maximum absolute atomic E-state index is 10.1. The highest BCUT2D eigenvalue weighted by atomic mass is 31.2. The van der Waals surface area contributed by atoms with Crippen molar-refractivity contribution >= 4 is 44.9 Å². The first kappa shape index (κ1) is 22.1. The normalized spacial score (nSPS) is 11.3. The van der Waals surface area contributed by atoms with Gasteiger partial charge in [-0.3, -0.25) is 0 Å². The van der Waals surface area contributed by atoms with Gasteiger partial charge >= 0.3 is 0 Å². The molecule has 0 saturated carbocycles. The van der Waals surface area contributed by atoms with Crippen molar-refractivity contribution in [2.75, 3.05) is 0 Å². The lowest BCUT2D eigenvalue weighted by atomic mass is 9.96. The minimum atomic E-state index is -2.59. The fourth-order valence-corrected chi connectivity index (χ4v) is 8.42. The van der Waals surface area contributed by atoms with Gasteiger partial charge < -0.3 is 4.52 Å². The maximum atomic E-state index is 10.1. The summed E-state index contributed by atoms with van der Waals surface area (Å²) in [5.41, 5.74) is 0.677. The molecule has 0 N–H and O–H groups in total. The second-order valence-electron chi connectivity index (χ2n) is 8.61. The van der Waals surface area contributed by atoms with Gasteiger partial charge in [-0.05, 0) is 36.4 Å². The Morgan fingerprint density at radius 1 is 0.444 bits per heavy atom. The third kappa shape index (κ3) is 3.54. The van der Waals surface area contributed by atoms with Crippen molar-refractivity contribution < 1.29 is 4.52 Å². The second kappa shape index (κ2) is 9.31. The topological polar surface area (TPSA) is 33.0 Å². The lowest BCUT2D eigenvalue weighted by Crippen LogP contribution is -2.34. The Morgan fingerprint density at radius 3 is 1.14 bits per heavy atom. The molecule has 0 atom stereocenters. The van der Waals surface area contributed by atoms with E-state index in [0.29, 0.717) is 5.56 Å². The van der Waals surface area contributed by atoms with Crippen LogP contribution in [-0.2, 0) is 0 Å². The standard InChI is InChI=1S/C33H23NOP/c34-24-32-28-20-10-12-22-30(28)33(31-23-13-11-21-29(31)32)35-36(25-14-4-1-5-15-25,26-16-6-2-7-17-26)27-18-8-3-9-19-27/h1-23H/q+1. The first-order valence-electron chi connectivity index (χ1n) is 11.9. The van der Waals surface area contributed by atoms with Crippen LogP contribution in [0.25, 0.3) is 21.5 Å². The van der Waals surface area contributed by atoms with Gasteiger partial charge in [0.1, 0.15) is 22.0 Å². The predicted octanol–water partition coefficient (Wildman–Crippen LogP) is 7.15. The van der Waals surface area contributed by atoms with Gasteiger partial charge in [-0.2, -0.15) is 5.26 Å². The molecular weight excluding hydrogens is 457 g/mol. The van der Waals surface area contributed by atoms with Crippen molar-refractivity contribution in [3.8, 4) is 11.8 Å². The van der Waals surface area contributed by atoms with E-state index in [4.69, 9.17) is 4.52 Å². The Kier molecular flexibility index (Phi) is 5.70. The van der Waals surface area contributed by atoms with Crippen molar-refractivity contribution in [2.24, 2.45) is 0 Å². The number of benzene rings is 6. The monoisotopic (exact) mass is 480 g/mol. The molecule has 0 heterocycles. The fraction of sp³-hybridized carbons (Fsp3) is 0. The molecule has 0 aliphatic carbocycles. The molecule has 0 bridgehead atoms. The summed E-state index contributed by atoms with van der Waals surface area (Å²) < 4.78 is 7.49. The largest absolute Gasteiger partial charge is 0.333 e. The first-order chi connectivity index (χ1) is 17.8. The van der Waals surface area contributed by atoms with Gasteiger partial charge in [0, 0.05) is 21.5 Å². The van der Waals surface area contributed by atoms with Crippen LogP contribution in [0, 0.1) is 11.3 Å². The Balaban J connectivity index is 1.76. The van der Waals surface area contributed by atoms with Gasteiger partial charge in [-0.15, -0.1) is 0 Å². The molecule has 0 fully saturated rings. The number of nitriles is 1. The van der Waals surface area contributed by atoms with Crippen LogP contribution in [0.4, 0.5) is 0 Å². The third-order valence-corrected chi connectivity index (χ3v) is 10.1. The molecule has 0 aromatic heterocycles. The van der Waals surface area contributed by atoms with Crippen LogP contribution in [0.15, 0.2) is 140 Å². The van der Waals surface area contributed by atoms with Gasteiger partial charge in [0.2, 0.25) is 0 Å². The summed E-state index contributed by atoms with van der Waals surface area (Å²) in [6.07, 6.45) is 0. The molecule has 2 nitrogen and oxygen atoms in total. The van der Waals surface area contributed by atoms with Gasteiger partial charge in [-0.1, -0.05) is 103 Å². The Morgan fingerprint density at radius 2 is 0.778 bits per heavy atom. The van der Waals surface area contributed by atoms with Crippen LogP contribution >= 0.6 is 7.49 Å². The van der Waals surface area contributed by atoms with E-state index in [9.17, 15) is 5.26 Å². The van der Waals surface area contributed by atoms with E-state index >= 15 is 0 Å². The zero-order valence-electron chi connectivity index (χ0n) is 19.6. The zero-order chi connectivity index (χ0) is 24.4. The highest BCUT2D eigenvalue weighted by Gasteiger charge is 2.50. The summed E-state index contributed by atoms with van der Waals surface area (Å²) in [7, 11) is -2.59. The SMILES string of the molecule is N#Cc1c2ccccc2c(O[P+](c2ccccc2)(c2ccccc2)c2ccccc2)c2ccccc12. The number of hydrogen-bond acceptors (Lipinski definition) is 2. The molecule has 0 amide bonds. The lowest BCUT2D eigenvalue weighted by molar-refractivity contribution is 0.635. The molecule has 0 aliphatic heterocycles. The number of hydrogen-bond donors (Lipinski definition) is 0. The van der Waals surface area contributed by atoms with Crippen LogP contribution in [0.3, 0.4) is 0 Å². The first-order valence-corrected chi connectivity index (χ1v) is 13.6. The highest BCUT2D eigenvalue weighted by Crippen LogP contribution is 2.58. The van der Waals surface area contributed by atoms with E-state index in [-0.39, 0.29) is 0 Å². The molecule has 170 valence electrons. The molecule has 36 heavy (non-hydrogen) atoms. The Bertz CT molecular complexity index is 1550. The van der Waals surface area contributed by atoms with Gasteiger partial charge in [-0.25, -0.2) is 0 Å². The molecule has 3 heteroatoms. The lowest BCUT2D eigenvalue weighted by Gasteiger charge is -2.27. The molecule has 0 aliphatic rings. The van der Waals surface area contributed by atoms with Crippen molar-refractivity contribution in [2.45, 2.75) is 0 Å². The Hall–Kier alpha value is -4.44. The second-order valence-corrected chi connectivity index (χ2v) is 11.6. The maximum Gasteiger partial charge on any atom is 0.287 e. The number of fused-ring (bicyclic) bond motifs is 2. The van der Waals surface area contributed by atoms with E-state index < -0.39 is 7.49 Å². The van der Waals surface area contributed by atoms with Gasteiger partial charge in [0.25, 0.3) is 7.49 Å². The molecule has 0 radical (unpaired) electrons. The average molecular weight is 481 g/mol. The smallest absolute Gasteiger partial charge is 0.287 e. The van der Waals surface area contributed by atoms with E-state index in [0.717, 1.165) is 43.2 Å². The summed E-state index contributed by atoms with van der Waals surface area (Å²) >= 11 is 0. The van der Waals surface area contributed by atoms with E-state index in [1.165, 1.54) is 0 Å². The van der Waals surface area contributed by atoms with Crippen molar-refractivity contribution in [1.82, 2.24) is 0 Å². The van der Waals surface area contributed by atoms with Crippen molar-refractivity contribution in [1.29, 1.82) is 5.26 Å². The predicted molar refractivity (Wildman–Crippen MR) is 152 cm³/mol.